The molecule has 0 N–H and O–H groups in total. The van der Waals surface area contributed by atoms with Crippen molar-refractivity contribution in [3.8, 4) is 0 Å². The van der Waals surface area contributed by atoms with Crippen molar-refractivity contribution >= 4 is 162 Å². The van der Waals surface area contributed by atoms with Crippen LogP contribution in [0.15, 0.2) is 0 Å². The van der Waals surface area contributed by atoms with Crippen LogP contribution in [0.1, 0.15) is 47.5 Å². The van der Waals surface area contributed by atoms with Crippen molar-refractivity contribution in [1.29, 1.82) is 0 Å². The summed E-state index contributed by atoms with van der Waals surface area (Å²) < 4.78 is 5.63. The Labute approximate surface area is 304 Å². The summed E-state index contributed by atoms with van der Waals surface area (Å²) in [7, 11) is 0. The van der Waals surface area contributed by atoms with Gasteiger partial charge in [0.25, 0.3) is 0 Å². The first-order valence-corrected chi connectivity index (χ1v) is 18.4. The molecule has 39 heavy (non-hydrogen) atoms. The Morgan fingerprint density at radius 2 is 0.692 bits per heavy atom. The lowest BCUT2D eigenvalue weighted by Gasteiger charge is -2.35. The van der Waals surface area contributed by atoms with Gasteiger partial charge in [0.05, 0.1) is 69.9 Å². The van der Waals surface area contributed by atoms with Gasteiger partial charge in [-0.05, 0) is 24.2 Å². The van der Waals surface area contributed by atoms with E-state index < -0.39 is 75.5 Å². The van der Waals surface area contributed by atoms with Crippen LogP contribution in [0, 0.1) is 11.3 Å². The van der Waals surface area contributed by atoms with Crippen molar-refractivity contribution in [2.45, 2.75) is 123 Å². The molecule has 15 heteroatoms. The van der Waals surface area contributed by atoms with E-state index >= 15 is 0 Å². The maximum absolute atomic E-state index is 6.57. The second kappa shape index (κ2) is 20.3. The molecule has 14 unspecified atom stereocenters. The van der Waals surface area contributed by atoms with Crippen LogP contribution in [0.3, 0.4) is 0 Å². The molecule has 1 nitrogen and oxygen atoms in total. The van der Waals surface area contributed by atoms with Crippen molar-refractivity contribution in [2.24, 2.45) is 11.3 Å². The molecule has 0 saturated carbocycles. The predicted molar refractivity (Wildman–Crippen MR) is 184 cm³/mol. The van der Waals surface area contributed by atoms with E-state index in [0.29, 0.717) is 6.61 Å². The summed E-state index contributed by atoms with van der Waals surface area (Å²) in [4.78, 5) is 0. The van der Waals surface area contributed by atoms with Crippen LogP contribution >= 0.6 is 162 Å². The van der Waals surface area contributed by atoms with Crippen LogP contribution in [0.2, 0.25) is 0 Å². The van der Waals surface area contributed by atoms with E-state index in [1.54, 1.807) is 0 Å². The van der Waals surface area contributed by atoms with Crippen LogP contribution in [0.25, 0.3) is 0 Å². The van der Waals surface area contributed by atoms with Crippen LogP contribution in [0.5, 0.6) is 0 Å². The molecule has 0 radical (unpaired) electrons. The second-order valence-corrected chi connectivity index (χ2v) is 17.9. The Morgan fingerprint density at radius 3 is 0.949 bits per heavy atom. The molecule has 0 aromatic carbocycles. The third-order valence-corrected chi connectivity index (χ3v) is 15.2. The first kappa shape index (κ1) is 43.0. The van der Waals surface area contributed by atoms with E-state index in [2.05, 4.69) is 20.8 Å². The fourth-order valence-electron chi connectivity index (χ4n) is 3.33. The van der Waals surface area contributed by atoms with Crippen molar-refractivity contribution in [3.05, 3.63) is 0 Å². The Balaban J connectivity index is 5.14. The number of alkyl halides is 14. The standard InChI is InChI=1S/C24H36Cl14O/c1-9(2)10(25)11(26)12(27)13(28)14(29)15(30)16(31)17(32)18(33)19(34)20(35)21(36)22(37)23(38)39-8-6-7-24(3,4)5/h9-23H,6-8H2,1-5H3. The average Bonchev–Trinajstić information content (AvgIpc) is 2.88. The minimum Gasteiger partial charge on any atom is -0.361 e. The van der Waals surface area contributed by atoms with Gasteiger partial charge in [-0.1, -0.05) is 46.2 Å². The zero-order valence-corrected chi connectivity index (χ0v) is 32.6. The first-order chi connectivity index (χ1) is 17.7. The summed E-state index contributed by atoms with van der Waals surface area (Å²) >= 11 is 90.9. The molecule has 14 atom stereocenters. The fourth-order valence-corrected chi connectivity index (χ4v) is 8.42. The van der Waals surface area contributed by atoms with Crippen LogP contribution < -0.4 is 0 Å². The monoisotopic (exact) mass is 830 g/mol. The van der Waals surface area contributed by atoms with Crippen LogP contribution in [0.4, 0.5) is 0 Å². The van der Waals surface area contributed by atoms with Crippen molar-refractivity contribution in [2.75, 3.05) is 6.61 Å². The SMILES string of the molecule is CC(C)C(Cl)C(Cl)C(Cl)C(Cl)C(Cl)C(Cl)C(Cl)C(Cl)C(Cl)C(Cl)C(Cl)C(Cl)C(Cl)C(Cl)OCCCC(C)(C)C. The molecular weight excluding hydrogens is 801 g/mol. The number of halogens is 14. The smallest absolute Gasteiger partial charge is 0.148 e. The van der Waals surface area contributed by atoms with Crippen molar-refractivity contribution in [1.82, 2.24) is 0 Å². The number of hydrogen-bond donors (Lipinski definition) is 0. The van der Waals surface area contributed by atoms with Crippen LogP contribution in [-0.2, 0) is 4.74 Å². The molecule has 0 rings (SSSR count). The van der Waals surface area contributed by atoms with Gasteiger partial charge < -0.3 is 4.74 Å². The van der Waals surface area contributed by atoms with Crippen molar-refractivity contribution in [3.63, 3.8) is 0 Å². The summed E-state index contributed by atoms with van der Waals surface area (Å²) in [6, 6.07) is 0. The molecule has 0 aromatic heterocycles. The van der Waals surface area contributed by atoms with E-state index in [-0.39, 0.29) is 11.3 Å². The van der Waals surface area contributed by atoms with E-state index in [9.17, 15) is 0 Å². The van der Waals surface area contributed by atoms with Crippen molar-refractivity contribution < 1.29 is 4.74 Å². The molecular formula is C24H36Cl14O. The molecule has 0 aliphatic heterocycles. The highest BCUT2D eigenvalue weighted by atomic mass is 35.5. The first-order valence-electron chi connectivity index (χ1n) is 12.3. The Morgan fingerprint density at radius 1 is 0.436 bits per heavy atom. The summed E-state index contributed by atoms with van der Waals surface area (Å²) in [5.41, 5.74) is -0.723. The molecule has 0 amide bonds. The molecule has 0 bridgehead atoms. The summed E-state index contributed by atoms with van der Waals surface area (Å²) in [6.45, 7) is 10.7. The fraction of sp³-hybridized carbons (Fsp3) is 1.00. The summed E-state index contributed by atoms with van der Waals surface area (Å²) in [5, 5.41) is -11.5. The highest BCUT2D eigenvalue weighted by Crippen LogP contribution is 2.39. The molecule has 0 aromatic rings. The summed E-state index contributed by atoms with van der Waals surface area (Å²) in [5.74, 6) is 0.0569. The lowest BCUT2D eigenvalue weighted by molar-refractivity contribution is 0.0939. The van der Waals surface area contributed by atoms with Gasteiger partial charge in [-0.15, -0.1) is 151 Å². The second-order valence-electron chi connectivity index (χ2n) is 10.9. The van der Waals surface area contributed by atoms with E-state index in [4.69, 9.17) is 167 Å². The summed E-state index contributed by atoms with van der Waals surface area (Å²) in [6.07, 6.45) is 1.77. The largest absolute Gasteiger partial charge is 0.361 e. The van der Waals surface area contributed by atoms with Gasteiger partial charge in [0.1, 0.15) is 5.56 Å². The number of rotatable bonds is 18. The number of hydrogen-bond acceptors (Lipinski definition) is 1. The Hall–Kier alpha value is 4.02. The predicted octanol–water partition coefficient (Wildman–Crippen LogP) is 11.9. The Bertz CT molecular complexity index is 667. The lowest BCUT2D eigenvalue weighted by Crippen LogP contribution is -2.49. The molecule has 0 fully saturated rings. The average molecular weight is 837 g/mol. The number of ether oxygens (including phenoxy) is 1. The van der Waals surface area contributed by atoms with Gasteiger partial charge in [0.15, 0.2) is 0 Å². The van der Waals surface area contributed by atoms with Crippen LogP contribution in [-0.4, -0.2) is 82.1 Å². The van der Waals surface area contributed by atoms with Gasteiger partial charge in [-0.25, -0.2) is 0 Å². The maximum Gasteiger partial charge on any atom is 0.148 e. The van der Waals surface area contributed by atoms with E-state index in [1.807, 2.05) is 13.8 Å². The zero-order chi connectivity index (χ0) is 31.0. The molecule has 0 aliphatic rings. The topological polar surface area (TPSA) is 9.23 Å². The van der Waals surface area contributed by atoms with Gasteiger partial charge in [0.2, 0.25) is 0 Å². The third kappa shape index (κ3) is 14.5. The van der Waals surface area contributed by atoms with Gasteiger partial charge in [-0.3, -0.25) is 0 Å². The van der Waals surface area contributed by atoms with E-state index in [0.717, 1.165) is 12.8 Å². The lowest BCUT2D eigenvalue weighted by atomic mass is 9.91. The molecule has 0 saturated heterocycles. The van der Waals surface area contributed by atoms with E-state index in [1.165, 1.54) is 0 Å². The minimum atomic E-state index is -1.00. The zero-order valence-electron chi connectivity index (χ0n) is 22.0. The van der Waals surface area contributed by atoms with Gasteiger partial charge in [-0.2, -0.15) is 0 Å². The van der Waals surface area contributed by atoms with Gasteiger partial charge >= 0.3 is 0 Å². The third-order valence-electron chi connectivity index (χ3n) is 5.89. The maximum atomic E-state index is 6.57. The normalized spacial score (nSPS) is 24.0. The highest BCUT2D eigenvalue weighted by Gasteiger charge is 2.45. The minimum absolute atomic E-state index is 0.0569. The quantitative estimate of drug-likeness (QED) is 0.0987. The Kier molecular flexibility index (Phi) is 22.4. The molecule has 0 aliphatic carbocycles. The molecule has 236 valence electrons. The van der Waals surface area contributed by atoms with Gasteiger partial charge in [0, 0.05) is 6.61 Å². The molecule has 0 heterocycles. The highest BCUT2D eigenvalue weighted by molar-refractivity contribution is 6.45. The molecule has 0 spiro atoms.